The van der Waals surface area contributed by atoms with Gasteiger partial charge in [0.25, 0.3) is 0 Å². The third-order valence-electron chi connectivity index (χ3n) is 2.71. The topological polar surface area (TPSA) is 92.4 Å². The zero-order valence-electron chi connectivity index (χ0n) is 11.6. The summed E-state index contributed by atoms with van der Waals surface area (Å²) in [4.78, 5) is 22.2. The van der Waals surface area contributed by atoms with E-state index in [4.69, 9.17) is 10.8 Å². The van der Waals surface area contributed by atoms with Gasteiger partial charge in [0.2, 0.25) is 5.91 Å². The number of nitrogens with two attached hydrogens (primary N) is 1. The van der Waals surface area contributed by atoms with Gasteiger partial charge < -0.3 is 16.2 Å². The molecule has 1 aromatic carbocycles. The maximum atomic E-state index is 11.7. The molecule has 1 aromatic rings. The molecule has 0 aromatic heterocycles. The van der Waals surface area contributed by atoms with Gasteiger partial charge in [-0.05, 0) is 23.6 Å². The van der Waals surface area contributed by atoms with Crippen molar-refractivity contribution in [3.05, 3.63) is 29.8 Å². The zero-order chi connectivity index (χ0) is 15.1. The van der Waals surface area contributed by atoms with Crippen molar-refractivity contribution in [2.45, 2.75) is 25.8 Å². The highest BCUT2D eigenvalue weighted by atomic mass is 32.2. The van der Waals surface area contributed by atoms with Gasteiger partial charge in [-0.2, -0.15) is 0 Å². The molecule has 0 aliphatic heterocycles. The Morgan fingerprint density at radius 1 is 1.30 bits per heavy atom. The van der Waals surface area contributed by atoms with Gasteiger partial charge in [0.15, 0.2) is 0 Å². The van der Waals surface area contributed by atoms with Crippen molar-refractivity contribution in [2.75, 3.05) is 16.8 Å². The first-order valence-electron chi connectivity index (χ1n) is 6.36. The van der Waals surface area contributed by atoms with Crippen LogP contribution in [0.15, 0.2) is 24.3 Å². The quantitative estimate of drug-likeness (QED) is 0.714. The number of carbonyl (C=O) groups excluding carboxylic acids is 1. The molecule has 110 valence electrons. The highest BCUT2D eigenvalue weighted by Gasteiger charge is 2.12. The van der Waals surface area contributed by atoms with Crippen LogP contribution in [0.2, 0.25) is 0 Å². The number of carboxylic acid groups (broad SMARTS) is 1. The fourth-order valence-electron chi connectivity index (χ4n) is 1.50. The fraction of sp³-hybridized carbons (Fsp3) is 0.429. The molecule has 0 saturated carbocycles. The molecule has 0 aliphatic rings. The lowest BCUT2D eigenvalue weighted by atomic mass is 10.0. The van der Waals surface area contributed by atoms with Crippen LogP contribution >= 0.6 is 11.8 Å². The molecular weight excluding hydrogens is 276 g/mol. The molecule has 0 saturated heterocycles. The molecule has 1 atom stereocenters. The fourth-order valence-corrected chi connectivity index (χ4v) is 2.27. The number of rotatable bonds is 7. The molecule has 0 spiro atoms. The maximum absolute atomic E-state index is 11.7. The Morgan fingerprint density at radius 2 is 1.90 bits per heavy atom. The maximum Gasteiger partial charge on any atom is 0.321 e. The lowest BCUT2D eigenvalue weighted by molar-refractivity contribution is -0.137. The Labute approximate surface area is 122 Å². The van der Waals surface area contributed by atoms with Crippen LogP contribution in [0.25, 0.3) is 0 Å². The lowest BCUT2D eigenvalue weighted by Gasteiger charge is -2.09. The zero-order valence-corrected chi connectivity index (χ0v) is 12.4. The predicted molar refractivity (Wildman–Crippen MR) is 82.1 cm³/mol. The van der Waals surface area contributed by atoms with Crippen molar-refractivity contribution in [3.8, 4) is 0 Å². The number of anilines is 1. The van der Waals surface area contributed by atoms with Crippen LogP contribution in [-0.4, -0.2) is 34.5 Å². The van der Waals surface area contributed by atoms with Gasteiger partial charge in [0, 0.05) is 11.4 Å². The predicted octanol–water partition coefficient (Wildman–Crippen LogP) is 1.89. The Kier molecular flexibility index (Phi) is 6.54. The minimum atomic E-state index is -1.05. The normalized spacial score (nSPS) is 12.2. The number of nitrogens with one attached hydrogen (secondary N) is 1. The van der Waals surface area contributed by atoms with E-state index in [1.165, 1.54) is 17.3 Å². The molecule has 0 fully saturated rings. The first-order chi connectivity index (χ1) is 9.40. The van der Waals surface area contributed by atoms with Crippen LogP contribution in [0.3, 0.4) is 0 Å². The number of hydrogen-bond acceptors (Lipinski definition) is 4. The standard InChI is InChI=1S/C14H20N2O3S/c1-9(2)10-3-5-11(6-4-10)16-13(17)8-20-7-12(15)14(18)19/h3-6,9,12H,7-8,15H2,1-2H3,(H,16,17)(H,18,19). The van der Waals surface area contributed by atoms with Gasteiger partial charge >= 0.3 is 5.97 Å². The van der Waals surface area contributed by atoms with E-state index in [1.807, 2.05) is 24.3 Å². The summed E-state index contributed by atoms with van der Waals surface area (Å²) in [6.07, 6.45) is 0. The van der Waals surface area contributed by atoms with Crippen LogP contribution in [-0.2, 0) is 9.59 Å². The van der Waals surface area contributed by atoms with Crippen molar-refractivity contribution in [2.24, 2.45) is 5.73 Å². The van der Waals surface area contributed by atoms with Crippen molar-refractivity contribution in [1.82, 2.24) is 0 Å². The number of carboxylic acids is 1. The summed E-state index contributed by atoms with van der Waals surface area (Å²) in [6, 6.07) is 6.75. The monoisotopic (exact) mass is 296 g/mol. The number of thioether (sulfide) groups is 1. The highest BCUT2D eigenvalue weighted by Crippen LogP contribution is 2.17. The van der Waals surface area contributed by atoms with Crippen LogP contribution in [0.5, 0.6) is 0 Å². The van der Waals surface area contributed by atoms with E-state index in [-0.39, 0.29) is 17.4 Å². The average molecular weight is 296 g/mol. The van der Waals surface area contributed by atoms with Crippen LogP contribution in [0.1, 0.15) is 25.3 Å². The van der Waals surface area contributed by atoms with E-state index in [0.29, 0.717) is 5.92 Å². The first-order valence-corrected chi connectivity index (χ1v) is 7.51. The van der Waals surface area contributed by atoms with Crippen LogP contribution < -0.4 is 11.1 Å². The Balaban J connectivity index is 2.37. The molecule has 4 N–H and O–H groups in total. The first kappa shape index (κ1) is 16.5. The van der Waals surface area contributed by atoms with E-state index in [0.717, 1.165) is 5.69 Å². The summed E-state index contributed by atoms with van der Waals surface area (Å²) in [5, 5.41) is 11.4. The third kappa shape index (κ3) is 5.63. The number of amides is 1. The van der Waals surface area contributed by atoms with Gasteiger partial charge in [-0.25, -0.2) is 0 Å². The van der Waals surface area contributed by atoms with Gasteiger partial charge in [-0.15, -0.1) is 11.8 Å². The molecule has 0 bridgehead atoms. The second-order valence-corrected chi connectivity index (χ2v) is 5.82. The second-order valence-electron chi connectivity index (χ2n) is 4.78. The molecular formula is C14H20N2O3S. The molecule has 1 unspecified atom stereocenters. The summed E-state index contributed by atoms with van der Waals surface area (Å²) in [7, 11) is 0. The number of carbonyl (C=O) groups is 2. The van der Waals surface area contributed by atoms with Crippen molar-refractivity contribution >= 4 is 29.3 Å². The molecule has 0 heterocycles. The largest absolute Gasteiger partial charge is 0.480 e. The Morgan fingerprint density at radius 3 is 2.40 bits per heavy atom. The van der Waals surface area contributed by atoms with E-state index in [9.17, 15) is 9.59 Å². The van der Waals surface area contributed by atoms with Crippen molar-refractivity contribution < 1.29 is 14.7 Å². The third-order valence-corrected chi connectivity index (χ3v) is 3.77. The summed E-state index contributed by atoms with van der Waals surface area (Å²) in [5.41, 5.74) is 7.30. The van der Waals surface area contributed by atoms with Gasteiger partial charge in [0.1, 0.15) is 6.04 Å². The van der Waals surface area contributed by atoms with Crippen molar-refractivity contribution in [3.63, 3.8) is 0 Å². The second kappa shape index (κ2) is 7.91. The SMILES string of the molecule is CC(C)c1ccc(NC(=O)CSCC(N)C(=O)O)cc1. The molecule has 5 nitrogen and oxygen atoms in total. The molecule has 1 amide bonds. The van der Waals surface area contributed by atoms with E-state index in [1.54, 1.807) is 0 Å². The number of hydrogen-bond donors (Lipinski definition) is 3. The smallest absolute Gasteiger partial charge is 0.321 e. The molecule has 20 heavy (non-hydrogen) atoms. The number of aliphatic carboxylic acids is 1. The van der Waals surface area contributed by atoms with Gasteiger partial charge in [-0.1, -0.05) is 26.0 Å². The van der Waals surface area contributed by atoms with E-state index >= 15 is 0 Å². The minimum Gasteiger partial charge on any atom is -0.480 e. The van der Waals surface area contributed by atoms with Gasteiger partial charge in [-0.3, -0.25) is 9.59 Å². The summed E-state index contributed by atoms with van der Waals surface area (Å²) >= 11 is 1.21. The minimum absolute atomic E-state index is 0.162. The van der Waals surface area contributed by atoms with E-state index < -0.39 is 12.0 Å². The number of benzene rings is 1. The summed E-state index contributed by atoms with van der Waals surface area (Å²) in [5.74, 6) is -0.359. The van der Waals surface area contributed by atoms with Crippen LogP contribution in [0.4, 0.5) is 5.69 Å². The Hall–Kier alpha value is -1.53. The van der Waals surface area contributed by atoms with Crippen LogP contribution in [0, 0.1) is 0 Å². The molecule has 1 rings (SSSR count). The van der Waals surface area contributed by atoms with Gasteiger partial charge in [0.05, 0.1) is 5.75 Å². The molecule has 0 aliphatic carbocycles. The van der Waals surface area contributed by atoms with E-state index in [2.05, 4.69) is 19.2 Å². The Bertz CT molecular complexity index is 460. The van der Waals surface area contributed by atoms with Crippen molar-refractivity contribution in [1.29, 1.82) is 0 Å². The summed E-state index contributed by atoms with van der Waals surface area (Å²) in [6.45, 7) is 4.21. The highest BCUT2D eigenvalue weighted by molar-refractivity contribution is 8.00. The molecule has 6 heteroatoms. The molecule has 0 radical (unpaired) electrons. The average Bonchev–Trinajstić information content (AvgIpc) is 2.39. The summed E-state index contributed by atoms with van der Waals surface area (Å²) < 4.78 is 0. The lowest BCUT2D eigenvalue weighted by Crippen LogP contribution is -2.33.